The maximum atomic E-state index is 10.6. The summed E-state index contributed by atoms with van der Waals surface area (Å²) in [6.07, 6.45) is 1.39. The van der Waals surface area contributed by atoms with Crippen LogP contribution >= 0.6 is 15.9 Å². The van der Waals surface area contributed by atoms with Crippen LogP contribution in [0.1, 0.15) is 58.1 Å². The smallest absolute Gasteiger partial charge is 0.190 e. The third kappa shape index (κ3) is 4.92. The monoisotopic (exact) mass is 442 g/mol. The predicted molar refractivity (Wildman–Crippen MR) is 106 cm³/mol. The summed E-state index contributed by atoms with van der Waals surface area (Å²) < 4.78 is 25.3. The van der Waals surface area contributed by atoms with Crippen LogP contribution < -0.4 is 0 Å². The van der Waals surface area contributed by atoms with Gasteiger partial charge in [-0.05, 0) is 43.9 Å². The lowest BCUT2D eigenvalue weighted by atomic mass is 10.0. The fraction of sp³-hybridized carbons (Fsp3) is 0.714. The number of unbranched alkanes of at least 4 members (excludes halogenated alkanes) is 1. The number of halogens is 1. The molecule has 27 heavy (non-hydrogen) atoms. The van der Waals surface area contributed by atoms with Gasteiger partial charge in [0.15, 0.2) is 12.1 Å². The fourth-order valence-electron chi connectivity index (χ4n) is 3.76. The highest BCUT2D eigenvalue weighted by Gasteiger charge is 2.56. The molecule has 0 radical (unpaired) electrons. The molecule has 1 aromatic carbocycles. The van der Waals surface area contributed by atoms with E-state index in [1.165, 1.54) is 5.56 Å². The minimum atomic E-state index is -0.705. The Hall–Kier alpha value is -0.500. The number of aliphatic hydroxyl groups is 1. The van der Waals surface area contributed by atoms with Gasteiger partial charge in [-0.15, -0.1) is 0 Å². The fourth-order valence-corrected chi connectivity index (χ4v) is 4.29. The molecular formula is C21H31BrO5. The Kier molecular flexibility index (Phi) is 6.98. The van der Waals surface area contributed by atoms with Gasteiger partial charge in [-0.3, -0.25) is 0 Å². The molecule has 2 heterocycles. The first kappa shape index (κ1) is 21.2. The van der Waals surface area contributed by atoms with Crippen molar-refractivity contribution < 1.29 is 24.1 Å². The van der Waals surface area contributed by atoms with E-state index in [0.29, 0.717) is 13.0 Å². The molecule has 152 valence electrons. The van der Waals surface area contributed by atoms with Gasteiger partial charge in [0, 0.05) is 4.47 Å². The topological polar surface area (TPSA) is 57.2 Å². The Morgan fingerprint density at radius 3 is 2.74 bits per heavy atom. The number of aryl methyl sites for hydroxylation is 1. The second-order valence-electron chi connectivity index (χ2n) is 7.83. The molecule has 0 aromatic heterocycles. The molecule has 0 bridgehead atoms. The summed E-state index contributed by atoms with van der Waals surface area (Å²) in [5, 5.41) is 10.6. The average Bonchev–Trinajstić information content (AvgIpc) is 3.10. The Balaban J connectivity index is 1.71. The number of fused-ring (bicyclic) bond motifs is 1. The van der Waals surface area contributed by atoms with Crippen LogP contribution in [0.4, 0.5) is 0 Å². The van der Waals surface area contributed by atoms with E-state index in [9.17, 15) is 5.11 Å². The van der Waals surface area contributed by atoms with E-state index in [2.05, 4.69) is 48.0 Å². The van der Waals surface area contributed by atoms with Gasteiger partial charge in [0.1, 0.15) is 18.3 Å². The second-order valence-corrected chi connectivity index (χ2v) is 8.69. The first-order valence-electron chi connectivity index (χ1n) is 9.92. The van der Waals surface area contributed by atoms with E-state index in [4.69, 9.17) is 18.9 Å². The molecule has 2 fully saturated rings. The summed E-state index contributed by atoms with van der Waals surface area (Å²) >= 11 is 3.58. The molecule has 3 rings (SSSR count). The summed E-state index contributed by atoms with van der Waals surface area (Å²) in [7, 11) is 0. The van der Waals surface area contributed by atoms with Gasteiger partial charge in [0.25, 0.3) is 0 Å². The average molecular weight is 443 g/mol. The molecule has 2 aliphatic rings. The van der Waals surface area contributed by atoms with Crippen molar-refractivity contribution in [2.45, 2.75) is 96.5 Å². The van der Waals surface area contributed by atoms with Gasteiger partial charge in [0.05, 0.1) is 12.7 Å². The third-order valence-corrected chi connectivity index (χ3v) is 5.97. The second kappa shape index (κ2) is 8.89. The Labute approximate surface area is 170 Å². The van der Waals surface area contributed by atoms with Crippen LogP contribution in [0.25, 0.3) is 0 Å². The molecule has 1 N–H and O–H groups in total. The zero-order valence-corrected chi connectivity index (χ0v) is 18.2. The molecule has 0 unspecified atom stereocenters. The lowest BCUT2D eigenvalue weighted by molar-refractivity contribution is -0.230. The van der Waals surface area contributed by atoms with Crippen LogP contribution in [0.5, 0.6) is 0 Å². The van der Waals surface area contributed by atoms with Gasteiger partial charge >= 0.3 is 0 Å². The van der Waals surface area contributed by atoms with Crippen molar-refractivity contribution in [3.63, 3.8) is 0 Å². The molecule has 2 aliphatic heterocycles. The molecule has 2 saturated heterocycles. The molecule has 0 amide bonds. The number of hydrogen-bond donors (Lipinski definition) is 1. The van der Waals surface area contributed by atoms with Crippen LogP contribution in [0.15, 0.2) is 22.7 Å². The van der Waals surface area contributed by atoms with Crippen LogP contribution in [0.3, 0.4) is 0 Å². The van der Waals surface area contributed by atoms with E-state index in [-0.39, 0.29) is 12.2 Å². The lowest BCUT2D eigenvalue weighted by Gasteiger charge is -2.28. The predicted octanol–water partition coefficient (Wildman–Crippen LogP) is 4.32. The van der Waals surface area contributed by atoms with E-state index in [0.717, 1.165) is 29.3 Å². The molecule has 5 atom stereocenters. The quantitative estimate of drug-likeness (QED) is 0.649. The van der Waals surface area contributed by atoms with Crippen molar-refractivity contribution in [1.29, 1.82) is 0 Å². The minimum Gasteiger partial charge on any atom is -0.390 e. The van der Waals surface area contributed by atoms with Gasteiger partial charge < -0.3 is 24.1 Å². The summed E-state index contributed by atoms with van der Waals surface area (Å²) in [6.45, 7) is 8.43. The number of ether oxygens (including phenoxy) is 4. The van der Waals surface area contributed by atoms with Gasteiger partial charge in [0.2, 0.25) is 0 Å². The van der Waals surface area contributed by atoms with E-state index < -0.39 is 24.3 Å². The zero-order chi connectivity index (χ0) is 19.6. The first-order valence-corrected chi connectivity index (χ1v) is 10.7. The third-order valence-electron chi connectivity index (χ3n) is 5.19. The maximum Gasteiger partial charge on any atom is 0.190 e. The van der Waals surface area contributed by atoms with Crippen molar-refractivity contribution in [2.24, 2.45) is 0 Å². The van der Waals surface area contributed by atoms with Gasteiger partial charge in [-0.1, -0.05) is 54.8 Å². The minimum absolute atomic E-state index is 0.331. The number of hydrogen-bond acceptors (Lipinski definition) is 5. The van der Waals surface area contributed by atoms with Crippen LogP contribution in [0, 0.1) is 0 Å². The van der Waals surface area contributed by atoms with Gasteiger partial charge in [-0.25, -0.2) is 0 Å². The summed E-state index contributed by atoms with van der Waals surface area (Å²) in [5.74, 6) is -0.705. The largest absolute Gasteiger partial charge is 0.390 e. The van der Waals surface area contributed by atoms with Crippen LogP contribution in [-0.2, 0) is 32.0 Å². The van der Waals surface area contributed by atoms with E-state index in [1.807, 2.05) is 13.8 Å². The molecule has 1 aromatic rings. The summed E-state index contributed by atoms with van der Waals surface area (Å²) in [4.78, 5) is 0. The van der Waals surface area contributed by atoms with Crippen molar-refractivity contribution in [3.05, 3.63) is 33.8 Å². The van der Waals surface area contributed by atoms with Crippen molar-refractivity contribution in [2.75, 3.05) is 0 Å². The van der Waals surface area contributed by atoms with Crippen LogP contribution in [0.2, 0.25) is 0 Å². The molecular weight excluding hydrogens is 412 g/mol. The van der Waals surface area contributed by atoms with Crippen molar-refractivity contribution in [3.8, 4) is 0 Å². The number of aliphatic hydroxyl groups excluding tert-OH is 1. The SMILES string of the molecule is CCCC[C@H](O)[C@H]1O[C@@H]2OC(C)(C)O[C@@H]2[C@H]1OCc1ccc(Br)c(CC)c1. The Morgan fingerprint density at radius 1 is 1.26 bits per heavy atom. The molecule has 0 aliphatic carbocycles. The van der Waals surface area contributed by atoms with E-state index in [1.54, 1.807) is 0 Å². The first-order chi connectivity index (χ1) is 12.8. The Bertz CT molecular complexity index is 635. The Morgan fingerprint density at radius 2 is 2.04 bits per heavy atom. The molecule has 6 heteroatoms. The standard InChI is InChI=1S/C21H31BrO5/c1-5-7-8-16(23)17-18(19-20(25-17)27-21(3,4)26-19)24-12-13-9-10-15(22)14(6-2)11-13/h9-11,16-20,23H,5-8,12H2,1-4H3/t16-,17+,18-,19+,20+/m0/s1. The number of rotatable bonds is 8. The highest BCUT2D eigenvalue weighted by molar-refractivity contribution is 9.10. The lowest BCUT2D eigenvalue weighted by Crippen LogP contribution is -2.42. The highest BCUT2D eigenvalue weighted by atomic mass is 79.9. The van der Waals surface area contributed by atoms with Crippen molar-refractivity contribution >= 4 is 15.9 Å². The zero-order valence-electron chi connectivity index (χ0n) is 16.6. The highest BCUT2D eigenvalue weighted by Crippen LogP contribution is 2.40. The van der Waals surface area contributed by atoms with E-state index >= 15 is 0 Å². The molecule has 0 saturated carbocycles. The van der Waals surface area contributed by atoms with Gasteiger partial charge in [-0.2, -0.15) is 0 Å². The maximum absolute atomic E-state index is 10.6. The molecule has 0 spiro atoms. The molecule has 5 nitrogen and oxygen atoms in total. The summed E-state index contributed by atoms with van der Waals surface area (Å²) in [5.41, 5.74) is 2.34. The van der Waals surface area contributed by atoms with Crippen LogP contribution in [-0.4, -0.2) is 41.6 Å². The van der Waals surface area contributed by atoms with Crippen molar-refractivity contribution in [1.82, 2.24) is 0 Å². The number of benzene rings is 1. The summed E-state index contributed by atoms with van der Waals surface area (Å²) in [6, 6.07) is 6.25. The normalized spacial score (nSPS) is 30.4.